The number of nitrogens with one attached hydrogen (secondary N) is 1. The molecule has 0 aliphatic carbocycles. The van der Waals surface area contributed by atoms with Crippen LogP contribution in [0.3, 0.4) is 0 Å². The van der Waals surface area contributed by atoms with Gasteiger partial charge in [-0.3, -0.25) is 0 Å². The lowest BCUT2D eigenvalue weighted by Crippen LogP contribution is -2.20. The van der Waals surface area contributed by atoms with E-state index in [2.05, 4.69) is 32.7 Å². The van der Waals surface area contributed by atoms with Crippen LogP contribution in [0.5, 0.6) is 0 Å². The number of hydrogen-bond acceptors (Lipinski definition) is 2. The standard InChI is InChI=1S/C10H22N2/c1-8(2)9(3)6-5-7-12-10(4)11/h8-9,12H,4-7,11H2,1-3H3. The molecular formula is C10H22N2. The average Bonchev–Trinajstić information content (AvgIpc) is 1.97. The van der Waals surface area contributed by atoms with Gasteiger partial charge in [-0.25, -0.2) is 0 Å². The first-order valence-electron chi connectivity index (χ1n) is 4.72. The molecule has 0 aromatic rings. The van der Waals surface area contributed by atoms with Crippen LogP contribution >= 0.6 is 0 Å². The maximum absolute atomic E-state index is 5.36. The molecular weight excluding hydrogens is 148 g/mol. The maximum Gasteiger partial charge on any atom is 0.0885 e. The van der Waals surface area contributed by atoms with E-state index in [4.69, 9.17) is 5.73 Å². The molecule has 0 saturated carbocycles. The molecule has 0 spiro atoms. The molecule has 0 bridgehead atoms. The van der Waals surface area contributed by atoms with Gasteiger partial charge in [0, 0.05) is 6.54 Å². The molecule has 1 unspecified atom stereocenters. The van der Waals surface area contributed by atoms with Crippen LogP contribution in [-0.4, -0.2) is 6.54 Å². The Morgan fingerprint density at radius 3 is 2.42 bits per heavy atom. The van der Waals surface area contributed by atoms with Crippen molar-refractivity contribution in [1.29, 1.82) is 0 Å². The average molecular weight is 170 g/mol. The minimum atomic E-state index is 0.576. The molecule has 0 rings (SSSR count). The molecule has 0 aromatic carbocycles. The molecule has 0 amide bonds. The summed E-state index contributed by atoms with van der Waals surface area (Å²) < 4.78 is 0. The number of nitrogens with two attached hydrogens (primary N) is 1. The third-order valence-corrected chi connectivity index (χ3v) is 2.33. The minimum absolute atomic E-state index is 0.576. The van der Waals surface area contributed by atoms with Gasteiger partial charge in [0.15, 0.2) is 0 Å². The zero-order chi connectivity index (χ0) is 9.56. The van der Waals surface area contributed by atoms with Crippen LogP contribution in [0.2, 0.25) is 0 Å². The van der Waals surface area contributed by atoms with Gasteiger partial charge < -0.3 is 11.1 Å². The fraction of sp³-hybridized carbons (Fsp3) is 0.800. The van der Waals surface area contributed by atoms with E-state index in [-0.39, 0.29) is 0 Å². The maximum atomic E-state index is 5.36. The van der Waals surface area contributed by atoms with E-state index < -0.39 is 0 Å². The molecule has 3 N–H and O–H groups in total. The second-order valence-electron chi connectivity index (χ2n) is 3.82. The molecule has 0 saturated heterocycles. The van der Waals surface area contributed by atoms with Gasteiger partial charge in [-0.1, -0.05) is 27.4 Å². The van der Waals surface area contributed by atoms with Crippen molar-refractivity contribution in [3.63, 3.8) is 0 Å². The largest absolute Gasteiger partial charge is 0.386 e. The lowest BCUT2D eigenvalue weighted by molar-refractivity contribution is 0.381. The Labute approximate surface area is 76.2 Å². The summed E-state index contributed by atoms with van der Waals surface area (Å²) in [6.45, 7) is 11.3. The SMILES string of the molecule is C=C(N)NCCCC(C)C(C)C. The summed E-state index contributed by atoms with van der Waals surface area (Å²) in [6.07, 6.45) is 2.44. The van der Waals surface area contributed by atoms with E-state index in [1.165, 1.54) is 12.8 Å². The van der Waals surface area contributed by atoms with Crippen molar-refractivity contribution in [3.05, 3.63) is 12.4 Å². The van der Waals surface area contributed by atoms with E-state index >= 15 is 0 Å². The van der Waals surface area contributed by atoms with Gasteiger partial charge in [-0.05, 0) is 24.7 Å². The number of rotatable bonds is 6. The summed E-state index contributed by atoms with van der Waals surface area (Å²) in [7, 11) is 0. The van der Waals surface area contributed by atoms with E-state index in [9.17, 15) is 0 Å². The first kappa shape index (κ1) is 11.3. The van der Waals surface area contributed by atoms with E-state index in [1.54, 1.807) is 0 Å². The predicted octanol–water partition coefficient (Wildman–Crippen LogP) is 2.08. The van der Waals surface area contributed by atoms with Crippen molar-refractivity contribution in [3.8, 4) is 0 Å². The zero-order valence-electron chi connectivity index (χ0n) is 8.56. The van der Waals surface area contributed by atoms with Gasteiger partial charge in [0.05, 0.1) is 5.82 Å². The van der Waals surface area contributed by atoms with Crippen molar-refractivity contribution < 1.29 is 0 Å². The van der Waals surface area contributed by atoms with E-state index in [0.29, 0.717) is 5.82 Å². The second kappa shape index (κ2) is 5.92. The van der Waals surface area contributed by atoms with Crippen LogP contribution in [0.1, 0.15) is 33.6 Å². The molecule has 72 valence electrons. The van der Waals surface area contributed by atoms with Gasteiger partial charge >= 0.3 is 0 Å². The molecule has 0 aliphatic rings. The Hall–Kier alpha value is -0.660. The van der Waals surface area contributed by atoms with Crippen LogP contribution in [0, 0.1) is 11.8 Å². The van der Waals surface area contributed by atoms with Gasteiger partial charge in [-0.15, -0.1) is 0 Å². The summed E-state index contributed by atoms with van der Waals surface area (Å²) in [5.74, 6) is 2.16. The van der Waals surface area contributed by atoms with Crippen LogP contribution in [0.15, 0.2) is 12.4 Å². The fourth-order valence-electron chi connectivity index (χ4n) is 1.01. The first-order valence-corrected chi connectivity index (χ1v) is 4.72. The van der Waals surface area contributed by atoms with E-state index in [0.717, 1.165) is 18.4 Å². The highest BCUT2D eigenvalue weighted by molar-refractivity contribution is 4.81. The topological polar surface area (TPSA) is 38.0 Å². The molecule has 2 heteroatoms. The monoisotopic (exact) mass is 170 g/mol. The lowest BCUT2D eigenvalue weighted by Gasteiger charge is -2.15. The Bertz CT molecular complexity index is 130. The third kappa shape index (κ3) is 6.08. The summed E-state index contributed by atoms with van der Waals surface area (Å²) >= 11 is 0. The molecule has 12 heavy (non-hydrogen) atoms. The summed E-state index contributed by atoms with van der Waals surface area (Å²) in [6, 6.07) is 0. The smallest absolute Gasteiger partial charge is 0.0885 e. The molecule has 1 atom stereocenters. The lowest BCUT2D eigenvalue weighted by atomic mass is 9.93. The van der Waals surface area contributed by atoms with Crippen LogP contribution in [-0.2, 0) is 0 Å². The zero-order valence-corrected chi connectivity index (χ0v) is 8.56. The van der Waals surface area contributed by atoms with Gasteiger partial charge in [0.25, 0.3) is 0 Å². The quantitative estimate of drug-likeness (QED) is 0.599. The highest BCUT2D eigenvalue weighted by Gasteiger charge is 2.05. The normalized spacial score (nSPS) is 13.0. The minimum Gasteiger partial charge on any atom is -0.386 e. The first-order chi connectivity index (χ1) is 5.54. The van der Waals surface area contributed by atoms with Crippen LogP contribution in [0.25, 0.3) is 0 Å². The van der Waals surface area contributed by atoms with Crippen molar-refractivity contribution in [2.75, 3.05) is 6.54 Å². The highest BCUT2D eigenvalue weighted by atomic mass is 15.0. The van der Waals surface area contributed by atoms with Crippen molar-refractivity contribution in [2.45, 2.75) is 33.6 Å². The van der Waals surface area contributed by atoms with Crippen molar-refractivity contribution in [2.24, 2.45) is 17.6 Å². The van der Waals surface area contributed by atoms with Crippen molar-refractivity contribution >= 4 is 0 Å². The fourth-order valence-corrected chi connectivity index (χ4v) is 1.01. The van der Waals surface area contributed by atoms with Gasteiger partial charge in [0.2, 0.25) is 0 Å². The predicted molar refractivity (Wildman–Crippen MR) is 54.6 cm³/mol. The molecule has 0 aliphatic heterocycles. The molecule has 0 heterocycles. The Morgan fingerprint density at radius 2 is 2.00 bits per heavy atom. The summed E-state index contributed by atoms with van der Waals surface area (Å²) in [4.78, 5) is 0. The summed E-state index contributed by atoms with van der Waals surface area (Å²) in [5, 5.41) is 3.02. The molecule has 0 radical (unpaired) electrons. The Kier molecular flexibility index (Phi) is 5.60. The van der Waals surface area contributed by atoms with Crippen LogP contribution in [0.4, 0.5) is 0 Å². The van der Waals surface area contributed by atoms with Gasteiger partial charge in [-0.2, -0.15) is 0 Å². The Balaban J connectivity index is 3.25. The Morgan fingerprint density at radius 1 is 1.42 bits per heavy atom. The molecule has 0 fully saturated rings. The second-order valence-corrected chi connectivity index (χ2v) is 3.82. The number of hydrogen-bond donors (Lipinski definition) is 2. The van der Waals surface area contributed by atoms with Gasteiger partial charge in [0.1, 0.15) is 0 Å². The molecule has 2 nitrogen and oxygen atoms in total. The van der Waals surface area contributed by atoms with Crippen LogP contribution < -0.4 is 11.1 Å². The van der Waals surface area contributed by atoms with E-state index in [1.807, 2.05) is 0 Å². The summed E-state index contributed by atoms with van der Waals surface area (Å²) in [5.41, 5.74) is 5.36. The van der Waals surface area contributed by atoms with Crippen molar-refractivity contribution in [1.82, 2.24) is 5.32 Å². The third-order valence-electron chi connectivity index (χ3n) is 2.33. The molecule has 0 aromatic heterocycles. The highest BCUT2D eigenvalue weighted by Crippen LogP contribution is 2.15.